The van der Waals surface area contributed by atoms with Crippen LogP contribution < -0.4 is 14.8 Å². The van der Waals surface area contributed by atoms with E-state index in [-0.39, 0.29) is 18.2 Å². The largest absolute Gasteiger partial charge is 0.493 e. The molecule has 10 heteroatoms. The Morgan fingerprint density at radius 1 is 1.16 bits per heavy atom. The molecule has 0 aromatic heterocycles. The first-order chi connectivity index (χ1) is 15.3. The van der Waals surface area contributed by atoms with Crippen LogP contribution >= 0.6 is 47.2 Å². The van der Waals surface area contributed by atoms with Crippen LogP contribution in [0.2, 0.25) is 10.0 Å². The molecule has 2 aromatic rings. The van der Waals surface area contributed by atoms with E-state index in [2.05, 4.69) is 5.32 Å². The topological polar surface area (TPSA) is 67.9 Å². The van der Waals surface area contributed by atoms with E-state index in [9.17, 15) is 9.59 Å². The normalized spacial score (nSPS) is 14.8. The fraction of sp³-hybridized carbons (Fsp3) is 0.227. The number of ether oxygens (including phenoxy) is 2. The number of nitrogens with zero attached hydrogens (tertiary/aromatic N) is 1. The molecule has 0 atom stereocenters. The number of methoxy groups -OCH3 is 2. The van der Waals surface area contributed by atoms with Gasteiger partial charge in [0.05, 0.1) is 29.8 Å². The van der Waals surface area contributed by atoms with Gasteiger partial charge >= 0.3 is 0 Å². The van der Waals surface area contributed by atoms with Gasteiger partial charge < -0.3 is 14.8 Å². The van der Waals surface area contributed by atoms with Crippen molar-refractivity contribution >= 4 is 75.1 Å². The molecular formula is C22H20Cl2N2O4S2. The highest BCUT2D eigenvalue weighted by molar-refractivity contribution is 8.26. The van der Waals surface area contributed by atoms with Gasteiger partial charge in [0.2, 0.25) is 5.91 Å². The molecule has 1 aliphatic rings. The molecule has 32 heavy (non-hydrogen) atoms. The number of carbonyl (C=O) groups excluding carboxylic acids is 2. The molecule has 2 aromatic carbocycles. The molecule has 1 saturated heterocycles. The van der Waals surface area contributed by atoms with E-state index in [1.165, 1.54) is 16.7 Å². The molecule has 1 heterocycles. The van der Waals surface area contributed by atoms with Gasteiger partial charge in [-0.3, -0.25) is 14.5 Å². The molecular weight excluding hydrogens is 491 g/mol. The Hall–Kier alpha value is -2.26. The van der Waals surface area contributed by atoms with Crippen LogP contribution in [0.5, 0.6) is 11.5 Å². The molecule has 0 saturated carbocycles. The van der Waals surface area contributed by atoms with Crippen LogP contribution in [-0.2, 0) is 9.59 Å². The summed E-state index contributed by atoms with van der Waals surface area (Å²) in [6, 6.07) is 10.2. The van der Waals surface area contributed by atoms with Crippen LogP contribution in [0.25, 0.3) is 6.08 Å². The van der Waals surface area contributed by atoms with E-state index >= 15 is 0 Å². The molecule has 1 aliphatic heterocycles. The summed E-state index contributed by atoms with van der Waals surface area (Å²) in [5.41, 5.74) is 1.28. The van der Waals surface area contributed by atoms with Gasteiger partial charge in [-0.1, -0.05) is 53.2 Å². The average molecular weight is 511 g/mol. The number of hydrogen-bond donors (Lipinski definition) is 1. The smallest absolute Gasteiger partial charge is 0.266 e. The summed E-state index contributed by atoms with van der Waals surface area (Å²) in [6.07, 6.45) is 2.42. The third-order valence-corrected chi connectivity index (χ3v) is 6.50. The van der Waals surface area contributed by atoms with Crippen molar-refractivity contribution in [3.8, 4) is 11.5 Å². The lowest BCUT2D eigenvalue weighted by Crippen LogP contribution is -2.29. The third-order valence-electron chi connectivity index (χ3n) is 4.57. The van der Waals surface area contributed by atoms with Crippen LogP contribution in [0, 0.1) is 0 Å². The molecule has 2 amide bonds. The fourth-order valence-electron chi connectivity index (χ4n) is 2.99. The molecule has 6 nitrogen and oxygen atoms in total. The minimum Gasteiger partial charge on any atom is -0.493 e. The minimum absolute atomic E-state index is 0.184. The van der Waals surface area contributed by atoms with Gasteiger partial charge in [-0.25, -0.2) is 0 Å². The lowest BCUT2D eigenvalue weighted by Gasteiger charge is -2.14. The lowest BCUT2D eigenvalue weighted by molar-refractivity contribution is -0.122. The highest BCUT2D eigenvalue weighted by Crippen LogP contribution is 2.35. The summed E-state index contributed by atoms with van der Waals surface area (Å²) in [5.74, 6) is 0.787. The fourth-order valence-corrected chi connectivity index (χ4v) is 4.75. The second-order valence-corrected chi connectivity index (χ2v) is 9.24. The van der Waals surface area contributed by atoms with Crippen molar-refractivity contribution in [2.75, 3.05) is 26.1 Å². The Kier molecular flexibility index (Phi) is 8.42. The van der Waals surface area contributed by atoms with Gasteiger partial charge in [-0.15, -0.1) is 0 Å². The number of amides is 2. The minimum atomic E-state index is -0.208. The predicted molar refractivity (Wildman–Crippen MR) is 134 cm³/mol. The number of anilines is 1. The number of carbonyl (C=O) groups is 2. The number of thioether (sulfide) groups is 1. The van der Waals surface area contributed by atoms with Gasteiger partial charge in [-0.2, -0.15) is 0 Å². The maximum Gasteiger partial charge on any atom is 0.266 e. The van der Waals surface area contributed by atoms with Crippen LogP contribution in [0.15, 0.2) is 41.3 Å². The number of hydrogen-bond acceptors (Lipinski definition) is 6. The summed E-state index contributed by atoms with van der Waals surface area (Å²) in [4.78, 5) is 27.1. The Balaban J connectivity index is 1.58. The van der Waals surface area contributed by atoms with Crippen molar-refractivity contribution in [3.63, 3.8) is 0 Å². The second kappa shape index (κ2) is 11.0. The zero-order valence-electron chi connectivity index (χ0n) is 17.3. The number of rotatable bonds is 8. The quantitative estimate of drug-likeness (QED) is 0.366. The van der Waals surface area contributed by atoms with Crippen molar-refractivity contribution in [2.24, 2.45) is 0 Å². The lowest BCUT2D eigenvalue weighted by atomic mass is 10.2. The molecule has 168 valence electrons. The summed E-state index contributed by atoms with van der Waals surface area (Å²) >= 11 is 18.5. The summed E-state index contributed by atoms with van der Waals surface area (Å²) in [6.45, 7) is 0.343. The second-order valence-electron chi connectivity index (χ2n) is 6.72. The Morgan fingerprint density at radius 3 is 2.59 bits per heavy atom. The van der Waals surface area contributed by atoms with Crippen molar-refractivity contribution < 1.29 is 19.1 Å². The molecule has 1 N–H and O–H groups in total. The van der Waals surface area contributed by atoms with Crippen molar-refractivity contribution in [2.45, 2.75) is 12.8 Å². The molecule has 3 rings (SSSR count). The van der Waals surface area contributed by atoms with E-state index in [1.54, 1.807) is 50.6 Å². The molecule has 1 fully saturated rings. The maximum absolute atomic E-state index is 12.8. The first kappa shape index (κ1) is 24.4. The van der Waals surface area contributed by atoms with Crippen molar-refractivity contribution in [3.05, 3.63) is 56.9 Å². The van der Waals surface area contributed by atoms with E-state index in [1.807, 2.05) is 6.07 Å². The van der Waals surface area contributed by atoms with E-state index in [0.717, 1.165) is 5.56 Å². The van der Waals surface area contributed by atoms with E-state index in [4.69, 9.17) is 44.9 Å². The summed E-state index contributed by atoms with van der Waals surface area (Å²) < 4.78 is 11.0. The van der Waals surface area contributed by atoms with Crippen LogP contribution in [0.3, 0.4) is 0 Å². The summed E-state index contributed by atoms with van der Waals surface area (Å²) in [5, 5.41) is 3.60. The molecule has 0 radical (unpaired) electrons. The standard InChI is InChI=1S/C22H20Cl2N2O4S2/c1-29-17-8-5-13(10-18(17)30-2)11-19-21(28)26(22(31)32-19)9-3-4-20(27)25-16-7-6-14(23)12-15(16)24/h5-8,10-12H,3-4,9H2,1-2H3,(H,25,27)/b19-11-. The van der Waals surface area contributed by atoms with E-state index < -0.39 is 0 Å². The molecule has 0 bridgehead atoms. The number of nitrogens with one attached hydrogen (secondary N) is 1. The van der Waals surface area contributed by atoms with Crippen molar-refractivity contribution in [1.29, 1.82) is 0 Å². The van der Waals surface area contributed by atoms with Crippen LogP contribution in [0.1, 0.15) is 18.4 Å². The van der Waals surface area contributed by atoms with Crippen LogP contribution in [-0.4, -0.2) is 41.8 Å². The zero-order valence-corrected chi connectivity index (χ0v) is 20.5. The van der Waals surface area contributed by atoms with Gasteiger partial charge in [0.25, 0.3) is 5.91 Å². The van der Waals surface area contributed by atoms with Gasteiger partial charge in [0.1, 0.15) is 4.32 Å². The number of benzene rings is 2. The predicted octanol–water partition coefficient (Wildman–Crippen LogP) is 5.63. The van der Waals surface area contributed by atoms with Gasteiger partial charge in [0, 0.05) is 18.0 Å². The number of halogens is 2. The maximum atomic E-state index is 12.8. The van der Waals surface area contributed by atoms with Crippen molar-refractivity contribution in [1.82, 2.24) is 4.90 Å². The average Bonchev–Trinajstić information content (AvgIpc) is 3.03. The number of thiocarbonyl (C=S) groups is 1. The first-order valence-electron chi connectivity index (χ1n) is 9.54. The van der Waals surface area contributed by atoms with E-state index in [0.29, 0.717) is 49.4 Å². The monoisotopic (exact) mass is 510 g/mol. The van der Waals surface area contributed by atoms with Gasteiger partial charge in [-0.05, 0) is 48.4 Å². The Bertz CT molecular complexity index is 1090. The van der Waals surface area contributed by atoms with Gasteiger partial charge in [0.15, 0.2) is 11.5 Å². The molecule has 0 spiro atoms. The third kappa shape index (κ3) is 5.95. The zero-order chi connectivity index (χ0) is 23.3. The summed E-state index contributed by atoms with van der Waals surface area (Å²) in [7, 11) is 3.12. The highest BCUT2D eigenvalue weighted by Gasteiger charge is 2.31. The Labute approximate surface area is 205 Å². The first-order valence-corrected chi connectivity index (χ1v) is 11.5. The molecule has 0 unspecified atom stereocenters. The molecule has 0 aliphatic carbocycles. The Morgan fingerprint density at radius 2 is 1.91 bits per heavy atom. The highest BCUT2D eigenvalue weighted by atomic mass is 35.5. The van der Waals surface area contributed by atoms with Crippen LogP contribution in [0.4, 0.5) is 5.69 Å². The SMILES string of the molecule is COc1ccc(/C=C2\SC(=S)N(CCCC(=O)Nc3ccc(Cl)cc3Cl)C2=O)cc1OC.